The molecule has 2 aromatic rings. The highest BCUT2D eigenvalue weighted by Crippen LogP contribution is 2.23. The Labute approximate surface area is 154 Å². The van der Waals surface area contributed by atoms with Crippen LogP contribution >= 0.6 is 0 Å². The summed E-state index contributed by atoms with van der Waals surface area (Å²) in [6.45, 7) is 0. The molecule has 0 atom stereocenters. The van der Waals surface area contributed by atoms with Gasteiger partial charge in [0.25, 0.3) is 0 Å². The molecule has 4 nitrogen and oxygen atoms in total. The molecule has 0 aliphatic carbocycles. The van der Waals surface area contributed by atoms with Gasteiger partial charge in [0.05, 0.1) is 0 Å². The van der Waals surface area contributed by atoms with Crippen LogP contribution in [0.4, 0.5) is 0 Å². The summed E-state index contributed by atoms with van der Waals surface area (Å²) in [6, 6.07) is 16.8. The molecule has 0 aromatic heterocycles. The van der Waals surface area contributed by atoms with Gasteiger partial charge in [0.2, 0.25) is 0 Å². The van der Waals surface area contributed by atoms with Crippen molar-refractivity contribution in [3.05, 3.63) is 59.7 Å². The zero-order chi connectivity index (χ0) is 18.8. The number of benzene rings is 2. The fourth-order valence-corrected chi connectivity index (χ4v) is 3.02. The lowest BCUT2D eigenvalue weighted by Crippen LogP contribution is -1.95. The molecule has 0 radical (unpaired) electrons. The van der Waals surface area contributed by atoms with Crippen LogP contribution in [0.3, 0.4) is 0 Å². The first kappa shape index (κ1) is 19.7. The SMILES string of the molecule is O=C(O)CCCCc1cccc(-c2cccc(CCCCC(=O)O)c2)c1. The van der Waals surface area contributed by atoms with Crippen molar-refractivity contribution in [2.24, 2.45) is 0 Å². The third-order valence-corrected chi connectivity index (χ3v) is 4.40. The number of carboxylic acid groups (broad SMARTS) is 2. The van der Waals surface area contributed by atoms with E-state index in [-0.39, 0.29) is 12.8 Å². The van der Waals surface area contributed by atoms with Crippen molar-refractivity contribution in [3.63, 3.8) is 0 Å². The lowest BCUT2D eigenvalue weighted by Gasteiger charge is -2.08. The van der Waals surface area contributed by atoms with Gasteiger partial charge < -0.3 is 10.2 Å². The lowest BCUT2D eigenvalue weighted by atomic mass is 9.97. The van der Waals surface area contributed by atoms with E-state index in [1.165, 1.54) is 11.1 Å². The minimum Gasteiger partial charge on any atom is -0.481 e. The van der Waals surface area contributed by atoms with Crippen LogP contribution in [-0.4, -0.2) is 22.2 Å². The van der Waals surface area contributed by atoms with Crippen molar-refractivity contribution >= 4 is 11.9 Å². The summed E-state index contributed by atoms with van der Waals surface area (Å²) in [5.41, 5.74) is 4.76. The van der Waals surface area contributed by atoms with Crippen LogP contribution < -0.4 is 0 Å². The summed E-state index contributed by atoms with van der Waals surface area (Å²) in [5.74, 6) is -1.47. The van der Waals surface area contributed by atoms with Gasteiger partial charge >= 0.3 is 11.9 Å². The average Bonchev–Trinajstić information content (AvgIpc) is 2.63. The molecule has 2 aromatic carbocycles. The van der Waals surface area contributed by atoms with Crippen LogP contribution in [0.1, 0.15) is 49.7 Å². The van der Waals surface area contributed by atoms with E-state index in [0.717, 1.165) is 36.8 Å². The van der Waals surface area contributed by atoms with E-state index in [9.17, 15) is 9.59 Å². The Balaban J connectivity index is 1.95. The highest BCUT2D eigenvalue weighted by Gasteiger charge is 2.03. The molecule has 0 aliphatic rings. The molecule has 0 fully saturated rings. The fraction of sp³-hybridized carbons (Fsp3) is 0.364. The zero-order valence-corrected chi connectivity index (χ0v) is 15.0. The number of aliphatic carboxylic acids is 2. The van der Waals surface area contributed by atoms with E-state index in [0.29, 0.717) is 12.8 Å². The number of aryl methyl sites for hydroxylation is 2. The standard InChI is InChI=1S/C22H26O4/c23-21(24)13-3-1-7-17-9-5-11-19(15-17)20-12-6-10-18(16-20)8-2-4-14-22(25)26/h5-6,9-12,15-16H,1-4,7-8,13-14H2,(H,23,24)(H,25,26). The minimum atomic E-state index is -0.737. The number of unbranched alkanes of at least 4 members (excludes halogenated alkanes) is 2. The van der Waals surface area contributed by atoms with Crippen molar-refractivity contribution in [2.75, 3.05) is 0 Å². The summed E-state index contributed by atoms with van der Waals surface area (Å²) in [7, 11) is 0. The van der Waals surface area contributed by atoms with E-state index in [1.807, 2.05) is 12.1 Å². The fourth-order valence-electron chi connectivity index (χ4n) is 3.02. The predicted octanol–water partition coefficient (Wildman–Crippen LogP) is 4.95. The molecular formula is C22H26O4. The van der Waals surface area contributed by atoms with Gasteiger partial charge in [0, 0.05) is 12.8 Å². The first-order valence-corrected chi connectivity index (χ1v) is 9.16. The van der Waals surface area contributed by atoms with Gasteiger partial charge in [-0.05, 0) is 60.8 Å². The van der Waals surface area contributed by atoms with E-state index in [1.54, 1.807) is 0 Å². The molecule has 0 bridgehead atoms. The molecule has 2 rings (SSSR count). The Kier molecular flexibility index (Phi) is 7.87. The van der Waals surface area contributed by atoms with Gasteiger partial charge in [-0.2, -0.15) is 0 Å². The van der Waals surface area contributed by atoms with Gasteiger partial charge in [0.1, 0.15) is 0 Å². The second kappa shape index (κ2) is 10.4. The number of carbonyl (C=O) groups is 2. The highest BCUT2D eigenvalue weighted by atomic mass is 16.4. The maximum absolute atomic E-state index is 10.6. The number of hydrogen-bond donors (Lipinski definition) is 2. The van der Waals surface area contributed by atoms with Crippen molar-refractivity contribution < 1.29 is 19.8 Å². The molecule has 0 spiro atoms. The number of hydrogen-bond acceptors (Lipinski definition) is 2. The molecule has 0 heterocycles. The molecule has 0 aliphatic heterocycles. The molecule has 4 heteroatoms. The Hall–Kier alpha value is -2.62. The van der Waals surface area contributed by atoms with Gasteiger partial charge in [-0.25, -0.2) is 0 Å². The normalized spacial score (nSPS) is 10.6. The predicted molar refractivity (Wildman–Crippen MR) is 102 cm³/mol. The van der Waals surface area contributed by atoms with E-state index in [2.05, 4.69) is 36.4 Å². The summed E-state index contributed by atoms with van der Waals surface area (Å²) in [5, 5.41) is 17.4. The highest BCUT2D eigenvalue weighted by molar-refractivity contribution is 5.67. The zero-order valence-electron chi connectivity index (χ0n) is 15.0. The summed E-state index contributed by atoms with van der Waals surface area (Å²) >= 11 is 0. The van der Waals surface area contributed by atoms with Crippen LogP contribution in [-0.2, 0) is 22.4 Å². The molecule has 0 saturated carbocycles. The average molecular weight is 354 g/mol. The van der Waals surface area contributed by atoms with Crippen LogP contribution in [0.25, 0.3) is 11.1 Å². The van der Waals surface area contributed by atoms with Crippen LogP contribution in [0.15, 0.2) is 48.5 Å². The number of rotatable bonds is 11. The van der Waals surface area contributed by atoms with Crippen molar-refractivity contribution in [1.82, 2.24) is 0 Å². The van der Waals surface area contributed by atoms with E-state index in [4.69, 9.17) is 10.2 Å². The molecule has 0 amide bonds. The molecular weight excluding hydrogens is 328 g/mol. The molecule has 138 valence electrons. The quantitative estimate of drug-likeness (QED) is 0.560. The minimum absolute atomic E-state index is 0.226. The topological polar surface area (TPSA) is 74.6 Å². The van der Waals surface area contributed by atoms with Gasteiger partial charge in [0.15, 0.2) is 0 Å². The molecule has 26 heavy (non-hydrogen) atoms. The van der Waals surface area contributed by atoms with E-state index < -0.39 is 11.9 Å². The Bertz CT molecular complexity index is 673. The summed E-state index contributed by atoms with van der Waals surface area (Å²) < 4.78 is 0. The first-order valence-electron chi connectivity index (χ1n) is 9.16. The maximum atomic E-state index is 10.6. The second-order valence-corrected chi connectivity index (χ2v) is 6.60. The van der Waals surface area contributed by atoms with Crippen molar-refractivity contribution in [3.8, 4) is 11.1 Å². The molecule has 2 N–H and O–H groups in total. The largest absolute Gasteiger partial charge is 0.481 e. The van der Waals surface area contributed by atoms with Gasteiger partial charge in [-0.15, -0.1) is 0 Å². The monoisotopic (exact) mass is 354 g/mol. The number of carboxylic acids is 2. The first-order chi connectivity index (χ1) is 12.5. The van der Waals surface area contributed by atoms with Crippen molar-refractivity contribution in [1.29, 1.82) is 0 Å². The second-order valence-electron chi connectivity index (χ2n) is 6.60. The van der Waals surface area contributed by atoms with Gasteiger partial charge in [-0.1, -0.05) is 48.5 Å². The molecule has 0 saturated heterocycles. The third kappa shape index (κ3) is 7.09. The molecule has 0 unspecified atom stereocenters. The lowest BCUT2D eigenvalue weighted by molar-refractivity contribution is -0.138. The third-order valence-electron chi connectivity index (χ3n) is 4.40. The summed E-state index contributed by atoms with van der Waals surface area (Å²) in [4.78, 5) is 21.2. The van der Waals surface area contributed by atoms with Crippen molar-refractivity contribution in [2.45, 2.75) is 51.4 Å². The van der Waals surface area contributed by atoms with Gasteiger partial charge in [-0.3, -0.25) is 9.59 Å². The smallest absolute Gasteiger partial charge is 0.303 e. The maximum Gasteiger partial charge on any atom is 0.303 e. The van der Waals surface area contributed by atoms with Crippen LogP contribution in [0.2, 0.25) is 0 Å². The van der Waals surface area contributed by atoms with Crippen LogP contribution in [0, 0.1) is 0 Å². The Morgan fingerprint density at radius 2 is 1.08 bits per heavy atom. The van der Waals surface area contributed by atoms with E-state index >= 15 is 0 Å². The Morgan fingerprint density at radius 1 is 0.654 bits per heavy atom. The van der Waals surface area contributed by atoms with Crippen LogP contribution in [0.5, 0.6) is 0 Å². The Morgan fingerprint density at radius 3 is 1.46 bits per heavy atom. The summed E-state index contributed by atoms with van der Waals surface area (Å²) in [6.07, 6.45) is 5.37.